The quantitative estimate of drug-likeness (QED) is 0.387. The van der Waals surface area contributed by atoms with E-state index in [0.29, 0.717) is 0 Å². The van der Waals surface area contributed by atoms with E-state index in [1.165, 1.54) is 16.8 Å². The molecule has 4 atom stereocenters. The first-order chi connectivity index (χ1) is 11.3. The number of H-pyrrole nitrogens is 1. The fraction of sp³-hybridized carbons (Fsp3) is 0.643. The van der Waals surface area contributed by atoms with Gasteiger partial charge in [0.1, 0.15) is 24.9 Å². The molecule has 24 heavy (non-hydrogen) atoms. The van der Waals surface area contributed by atoms with Gasteiger partial charge in [0, 0.05) is 12.3 Å². The lowest BCUT2D eigenvalue weighted by molar-refractivity contribution is -0.202. The van der Waals surface area contributed by atoms with E-state index >= 15 is 0 Å². The molecule has 3 rings (SSSR count). The molecular formula is C14H17IN2O7. The second kappa shape index (κ2) is 6.58. The lowest BCUT2D eigenvalue weighted by Crippen LogP contribution is -2.37. The van der Waals surface area contributed by atoms with Gasteiger partial charge in [-0.25, -0.2) is 4.79 Å². The number of aromatic amines is 1. The Hall–Kier alpha value is -1.24. The van der Waals surface area contributed by atoms with E-state index in [-0.39, 0.29) is 17.0 Å². The maximum atomic E-state index is 12.0. The number of ether oxygens (including phenoxy) is 4. The normalized spacial score (nSPS) is 31.0. The number of nitrogens with zero attached hydrogens (tertiary/aromatic N) is 1. The highest BCUT2D eigenvalue weighted by Gasteiger charge is 2.56. The van der Waals surface area contributed by atoms with Gasteiger partial charge >= 0.3 is 11.7 Å². The van der Waals surface area contributed by atoms with Crippen LogP contribution < -0.4 is 11.2 Å². The summed E-state index contributed by atoms with van der Waals surface area (Å²) in [5.41, 5.74) is -1.10. The molecule has 1 aromatic heterocycles. The molecule has 1 N–H and O–H groups in total. The summed E-state index contributed by atoms with van der Waals surface area (Å²) in [6.07, 6.45) is -1.08. The predicted molar refractivity (Wildman–Crippen MR) is 88.9 cm³/mol. The number of hydrogen-bond acceptors (Lipinski definition) is 7. The lowest BCUT2D eigenvalue weighted by Gasteiger charge is -2.24. The highest BCUT2D eigenvalue weighted by atomic mass is 127. The van der Waals surface area contributed by atoms with Gasteiger partial charge in [0.2, 0.25) is 0 Å². The van der Waals surface area contributed by atoms with Crippen molar-refractivity contribution in [2.24, 2.45) is 0 Å². The van der Waals surface area contributed by atoms with Gasteiger partial charge in [0.15, 0.2) is 12.0 Å². The molecule has 2 saturated heterocycles. The van der Waals surface area contributed by atoms with Crippen molar-refractivity contribution < 1.29 is 23.7 Å². The van der Waals surface area contributed by atoms with Crippen molar-refractivity contribution in [2.45, 2.75) is 44.2 Å². The van der Waals surface area contributed by atoms with Crippen LogP contribution in [-0.2, 0) is 23.7 Å². The third-order valence-electron chi connectivity index (χ3n) is 3.77. The lowest BCUT2D eigenvalue weighted by atomic mass is 10.1. The number of rotatable bonds is 4. The number of nitrogens with one attached hydrogen (secondary N) is 1. The van der Waals surface area contributed by atoms with E-state index in [4.69, 9.17) is 18.9 Å². The third kappa shape index (κ3) is 3.41. The zero-order valence-electron chi connectivity index (χ0n) is 13.1. The Morgan fingerprint density at radius 2 is 2.08 bits per heavy atom. The standard InChI is InChI=1S/C14H17IN2O7/c1-14(2)23-10-7(6-21-9(19)5-15)22-12(11(10)24-14)17-4-3-8(18)16-13(17)20/h3-4,7,10-12H,5-6H2,1-2H3,(H,16,18,20)/t7-,10-,11-,12+/m1/s1. The Bertz CT molecular complexity index is 743. The fourth-order valence-electron chi connectivity index (χ4n) is 2.86. The smallest absolute Gasteiger partial charge is 0.330 e. The second-order valence-corrected chi connectivity index (χ2v) is 6.73. The molecule has 132 valence electrons. The van der Waals surface area contributed by atoms with Crippen LogP contribution >= 0.6 is 22.6 Å². The van der Waals surface area contributed by atoms with Gasteiger partial charge in [-0.05, 0) is 13.8 Å². The Morgan fingerprint density at radius 3 is 2.75 bits per heavy atom. The van der Waals surface area contributed by atoms with E-state index in [0.717, 1.165) is 0 Å². The highest BCUT2D eigenvalue weighted by Crippen LogP contribution is 2.42. The summed E-state index contributed by atoms with van der Waals surface area (Å²) in [5, 5.41) is 0. The van der Waals surface area contributed by atoms with Crippen molar-refractivity contribution in [2.75, 3.05) is 11.0 Å². The van der Waals surface area contributed by atoms with Crippen molar-refractivity contribution in [3.8, 4) is 0 Å². The number of carbonyl (C=O) groups is 1. The molecule has 0 aliphatic carbocycles. The van der Waals surface area contributed by atoms with Gasteiger partial charge in [0.05, 0.1) is 4.43 Å². The summed E-state index contributed by atoms with van der Waals surface area (Å²) < 4.78 is 24.1. The molecule has 0 saturated carbocycles. The highest BCUT2D eigenvalue weighted by molar-refractivity contribution is 14.1. The van der Waals surface area contributed by atoms with E-state index < -0.39 is 41.6 Å². The van der Waals surface area contributed by atoms with Crippen molar-refractivity contribution in [1.29, 1.82) is 0 Å². The SMILES string of the molecule is CC1(C)O[C@@H]2[C@H](O1)[C@@H](COC(=O)CI)O[C@@H]2n1ccc(=O)[nH]c1=O. The monoisotopic (exact) mass is 452 g/mol. The van der Waals surface area contributed by atoms with Gasteiger partial charge in [-0.1, -0.05) is 22.6 Å². The van der Waals surface area contributed by atoms with Crippen LogP contribution in [0.5, 0.6) is 0 Å². The van der Waals surface area contributed by atoms with Crippen LogP contribution in [-0.4, -0.2) is 50.7 Å². The van der Waals surface area contributed by atoms with Crippen LogP contribution in [0, 0.1) is 0 Å². The van der Waals surface area contributed by atoms with E-state index in [9.17, 15) is 14.4 Å². The third-order valence-corrected chi connectivity index (χ3v) is 4.39. The number of hydrogen-bond donors (Lipinski definition) is 1. The van der Waals surface area contributed by atoms with Gasteiger partial charge < -0.3 is 18.9 Å². The van der Waals surface area contributed by atoms with Gasteiger partial charge in [-0.2, -0.15) is 0 Å². The summed E-state index contributed by atoms with van der Waals surface area (Å²) in [5.74, 6) is -1.21. The molecule has 2 aliphatic heterocycles. The minimum absolute atomic E-state index is 0.00293. The minimum atomic E-state index is -0.852. The van der Waals surface area contributed by atoms with Crippen LogP contribution in [0.4, 0.5) is 0 Å². The Balaban J connectivity index is 1.86. The Kier molecular flexibility index (Phi) is 4.82. The van der Waals surface area contributed by atoms with Gasteiger partial charge in [-0.15, -0.1) is 0 Å². The van der Waals surface area contributed by atoms with Crippen LogP contribution in [0.2, 0.25) is 0 Å². The van der Waals surface area contributed by atoms with Gasteiger partial charge in [-0.3, -0.25) is 19.1 Å². The minimum Gasteiger partial charge on any atom is -0.462 e. The van der Waals surface area contributed by atoms with Crippen molar-refractivity contribution in [3.05, 3.63) is 33.1 Å². The number of aromatic nitrogens is 2. The zero-order valence-corrected chi connectivity index (χ0v) is 15.2. The summed E-state index contributed by atoms with van der Waals surface area (Å²) in [6.45, 7) is 3.51. The van der Waals surface area contributed by atoms with Crippen molar-refractivity contribution in [3.63, 3.8) is 0 Å². The molecule has 10 heteroatoms. The molecule has 3 heterocycles. The molecule has 0 unspecified atom stereocenters. The zero-order chi connectivity index (χ0) is 17.5. The number of fused-ring (bicyclic) bond motifs is 1. The molecular weight excluding hydrogens is 435 g/mol. The topological polar surface area (TPSA) is 109 Å². The van der Waals surface area contributed by atoms with Gasteiger partial charge in [0.25, 0.3) is 5.56 Å². The summed E-state index contributed by atoms with van der Waals surface area (Å²) in [4.78, 5) is 36.8. The largest absolute Gasteiger partial charge is 0.462 e. The molecule has 0 spiro atoms. The maximum Gasteiger partial charge on any atom is 0.330 e. The van der Waals surface area contributed by atoms with Crippen LogP contribution in [0.3, 0.4) is 0 Å². The molecule has 2 aliphatic rings. The average molecular weight is 452 g/mol. The number of carbonyl (C=O) groups excluding carboxylic acids is 1. The van der Waals surface area contributed by atoms with Crippen molar-refractivity contribution in [1.82, 2.24) is 9.55 Å². The molecule has 0 amide bonds. The van der Waals surface area contributed by atoms with Crippen LogP contribution in [0.1, 0.15) is 20.1 Å². The first-order valence-electron chi connectivity index (χ1n) is 7.35. The average Bonchev–Trinajstić information content (AvgIpc) is 2.98. The number of esters is 1. The summed E-state index contributed by atoms with van der Waals surface area (Å²) in [7, 11) is 0. The molecule has 9 nitrogen and oxygen atoms in total. The molecule has 1 aromatic rings. The Morgan fingerprint density at radius 1 is 1.38 bits per heavy atom. The van der Waals surface area contributed by atoms with E-state index in [1.807, 2.05) is 22.6 Å². The summed E-state index contributed by atoms with van der Waals surface area (Å²) in [6, 6.07) is 1.23. The fourth-order valence-corrected chi connectivity index (χ4v) is 3.08. The molecule has 0 aromatic carbocycles. The maximum absolute atomic E-state index is 12.0. The Labute approximate surface area is 150 Å². The second-order valence-electron chi connectivity index (χ2n) is 5.96. The molecule has 0 bridgehead atoms. The summed E-state index contributed by atoms with van der Waals surface area (Å²) >= 11 is 1.91. The predicted octanol–water partition coefficient (Wildman–Crippen LogP) is -0.0677. The first-order valence-corrected chi connectivity index (χ1v) is 8.87. The van der Waals surface area contributed by atoms with Crippen LogP contribution in [0.15, 0.2) is 21.9 Å². The molecule has 2 fully saturated rings. The number of alkyl halides is 1. The van der Waals surface area contributed by atoms with Crippen molar-refractivity contribution >= 4 is 28.6 Å². The first kappa shape index (κ1) is 17.6. The van der Waals surface area contributed by atoms with E-state index in [2.05, 4.69) is 4.98 Å². The number of halogens is 1. The van der Waals surface area contributed by atoms with E-state index in [1.54, 1.807) is 13.8 Å². The molecule has 0 radical (unpaired) electrons. The van der Waals surface area contributed by atoms with Crippen LogP contribution in [0.25, 0.3) is 0 Å².